The highest BCUT2D eigenvalue weighted by Gasteiger charge is 2.12. The molecule has 0 atom stereocenters. The molecule has 0 radical (unpaired) electrons. The van der Waals surface area contributed by atoms with Crippen LogP contribution in [0.3, 0.4) is 0 Å². The van der Waals surface area contributed by atoms with Gasteiger partial charge in [0.2, 0.25) is 0 Å². The number of rotatable bonds is 5. The van der Waals surface area contributed by atoms with Crippen molar-refractivity contribution in [1.82, 2.24) is 4.98 Å². The van der Waals surface area contributed by atoms with E-state index in [1.165, 1.54) is 0 Å². The minimum Gasteiger partial charge on any atom is -0.497 e. The summed E-state index contributed by atoms with van der Waals surface area (Å²) in [5, 5.41) is 0. The molecule has 4 rings (SSSR count). The molecule has 0 aliphatic heterocycles. The lowest BCUT2D eigenvalue weighted by Crippen LogP contribution is -1.93. The fraction of sp³-hybridized carbons (Fsp3) is 0.0800. The van der Waals surface area contributed by atoms with Crippen molar-refractivity contribution in [2.45, 2.75) is 0 Å². The van der Waals surface area contributed by atoms with Crippen molar-refractivity contribution in [3.8, 4) is 45.1 Å². The summed E-state index contributed by atoms with van der Waals surface area (Å²) in [6, 6.07) is 28.4. The molecule has 0 N–H and O–H groups in total. The van der Waals surface area contributed by atoms with E-state index in [9.17, 15) is 0 Å². The van der Waals surface area contributed by atoms with E-state index in [2.05, 4.69) is 52.3 Å². The highest BCUT2D eigenvalue weighted by Crippen LogP contribution is 2.34. The largest absolute Gasteiger partial charge is 0.497 e. The average molecular weight is 446 g/mol. The molecule has 3 aromatic carbocycles. The van der Waals surface area contributed by atoms with Crippen LogP contribution in [0.2, 0.25) is 0 Å². The quantitative estimate of drug-likeness (QED) is 0.336. The van der Waals surface area contributed by atoms with Crippen LogP contribution in [0.1, 0.15) is 0 Å². The van der Waals surface area contributed by atoms with Crippen LogP contribution >= 0.6 is 15.9 Å². The topological polar surface area (TPSA) is 31.4 Å². The van der Waals surface area contributed by atoms with Gasteiger partial charge in [0, 0.05) is 21.2 Å². The number of nitrogens with zero attached hydrogens (tertiary/aromatic N) is 1. The van der Waals surface area contributed by atoms with Crippen LogP contribution in [0.15, 0.2) is 89.4 Å². The lowest BCUT2D eigenvalue weighted by Gasteiger charge is -2.13. The summed E-state index contributed by atoms with van der Waals surface area (Å²) in [6.07, 6.45) is 0. The Morgan fingerprint density at radius 2 is 1.10 bits per heavy atom. The van der Waals surface area contributed by atoms with Gasteiger partial charge < -0.3 is 9.47 Å². The zero-order valence-corrected chi connectivity index (χ0v) is 17.8. The normalized spacial score (nSPS) is 10.6. The van der Waals surface area contributed by atoms with Crippen molar-refractivity contribution in [1.29, 1.82) is 0 Å². The zero-order chi connectivity index (χ0) is 20.2. The first-order valence-corrected chi connectivity index (χ1v) is 10.0. The van der Waals surface area contributed by atoms with E-state index in [1.807, 2.05) is 48.5 Å². The third-order valence-corrected chi connectivity index (χ3v) is 5.33. The lowest BCUT2D eigenvalue weighted by atomic mass is 9.97. The van der Waals surface area contributed by atoms with Crippen LogP contribution in [0.25, 0.3) is 33.6 Å². The first kappa shape index (κ1) is 19.2. The van der Waals surface area contributed by atoms with Gasteiger partial charge in [-0.1, -0.05) is 46.3 Å². The number of aromatic nitrogens is 1. The van der Waals surface area contributed by atoms with Crippen LogP contribution in [0.4, 0.5) is 0 Å². The van der Waals surface area contributed by atoms with Gasteiger partial charge in [0.1, 0.15) is 11.5 Å². The zero-order valence-electron chi connectivity index (χ0n) is 16.2. The van der Waals surface area contributed by atoms with Gasteiger partial charge >= 0.3 is 0 Å². The fourth-order valence-electron chi connectivity index (χ4n) is 3.21. The molecule has 1 aromatic heterocycles. The highest BCUT2D eigenvalue weighted by molar-refractivity contribution is 9.10. The molecule has 144 valence electrons. The smallest absolute Gasteiger partial charge is 0.118 e. The third-order valence-electron chi connectivity index (χ3n) is 4.80. The van der Waals surface area contributed by atoms with E-state index < -0.39 is 0 Å². The van der Waals surface area contributed by atoms with Crippen LogP contribution in [0.5, 0.6) is 11.5 Å². The Labute approximate surface area is 179 Å². The second-order valence-corrected chi connectivity index (χ2v) is 7.47. The second kappa shape index (κ2) is 8.50. The minimum atomic E-state index is 0.823. The molecule has 0 bridgehead atoms. The first-order valence-electron chi connectivity index (χ1n) is 9.24. The average Bonchev–Trinajstić information content (AvgIpc) is 2.79. The van der Waals surface area contributed by atoms with Crippen molar-refractivity contribution in [3.63, 3.8) is 0 Å². The van der Waals surface area contributed by atoms with Crippen molar-refractivity contribution in [2.24, 2.45) is 0 Å². The fourth-order valence-corrected chi connectivity index (χ4v) is 3.48. The maximum absolute atomic E-state index is 5.31. The van der Waals surface area contributed by atoms with Gasteiger partial charge in [-0.3, -0.25) is 0 Å². The Balaban J connectivity index is 1.85. The molecule has 0 saturated heterocycles. The molecule has 0 aliphatic rings. The molecular weight excluding hydrogens is 426 g/mol. The van der Waals surface area contributed by atoms with E-state index in [1.54, 1.807) is 14.2 Å². The molecule has 0 amide bonds. The molecule has 0 aliphatic carbocycles. The van der Waals surface area contributed by atoms with Gasteiger partial charge in [0.25, 0.3) is 0 Å². The molecule has 1 heterocycles. The van der Waals surface area contributed by atoms with Crippen molar-refractivity contribution < 1.29 is 9.47 Å². The Bertz CT molecular complexity index is 1110. The van der Waals surface area contributed by atoms with E-state index in [0.29, 0.717) is 0 Å². The van der Waals surface area contributed by atoms with E-state index >= 15 is 0 Å². The number of ether oxygens (including phenoxy) is 2. The summed E-state index contributed by atoms with van der Waals surface area (Å²) >= 11 is 3.49. The van der Waals surface area contributed by atoms with Crippen LogP contribution < -0.4 is 9.47 Å². The molecular formula is C25H20BrNO2. The lowest BCUT2D eigenvalue weighted by molar-refractivity contribution is 0.414. The summed E-state index contributed by atoms with van der Waals surface area (Å²) in [7, 11) is 3.34. The molecule has 4 aromatic rings. The van der Waals surface area contributed by atoms with Crippen molar-refractivity contribution in [3.05, 3.63) is 89.4 Å². The van der Waals surface area contributed by atoms with Gasteiger partial charge in [-0.15, -0.1) is 0 Å². The highest BCUT2D eigenvalue weighted by atomic mass is 79.9. The van der Waals surface area contributed by atoms with Crippen LogP contribution in [0, 0.1) is 0 Å². The minimum absolute atomic E-state index is 0.823. The summed E-state index contributed by atoms with van der Waals surface area (Å²) < 4.78 is 11.7. The molecule has 29 heavy (non-hydrogen) atoms. The van der Waals surface area contributed by atoms with Crippen molar-refractivity contribution in [2.75, 3.05) is 14.2 Å². The molecule has 0 saturated carbocycles. The number of pyridine rings is 1. The van der Waals surface area contributed by atoms with Gasteiger partial charge in [-0.25, -0.2) is 4.98 Å². The van der Waals surface area contributed by atoms with Gasteiger partial charge in [-0.2, -0.15) is 0 Å². The molecule has 3 nitrogen and oxygen atoms in total. The Hall–Kier alpha value is -3.11. The van der Waals surface area contributed by atoms with E-state index in [4.69, 9.17) is 14.5 Å². The summed E-state index contributed by atoms with van der Waals surface area (Å²) in [5.41, 5.74) is 6.13. The molecule has 4 heteroatoms. The van der Waals surface area contributed by atoms with Gasteiger partial charge in [-0.05, 0) is 60.2 Å². The van der Waals surface area contributed by atoms with Crippen molar-refractivity contribution >= 4 is 15.9 Å². The first-order chi connectivity index (χ1) is 14.2. The van der Waals surface area contributed by atoms with Gasteiger partial charge in [0.15, 0.2) is 0 Å². The molecule has 0 unspecified atom stereocenters. The Kier molecular flexibility index (Phi) is 5.63. The maximum atomic E-state index is 5.31. The predicted molar refractivity (Wildman–Crippen MR) is 121 cm³/mol. The SMILES string of the molecule is COc1ccc(-c2ccc(-c3ccc(Br)cc3)nc2-c2ccc(OC)cc2)cc1. The molecule has 0 fully saturated rings. The number of hydrogen-bond acceptors (Lipinski definition) is 3. The van der Waals surface area contributed by atoms with E-state index in [0.717, 1.165) is 49.6 Å². The summed E-state index contributed by atoms with van der Waals surface area (Å²) in [6.45, 7) is 0. The Morgan fingerprint density at radius 1 is 0.586 bits per heavy atom. The molecule has 0 spiro atoms. The Morgan fingerprint density at radius 3 is 1.66 bits per heavy atom. The number of methoxy groups -OCH3 is 2. The predicted octanol–water partition coefficient (Wildman–Crippen LogP) is 6.86. The van der Waals surface area contributed by atoms with Crippen LogP contribution in [-0.2, 0) is 0 Å². The monoisotopic (exact) mass is 445 g/mol. The second-order valence-electron chi connectivity index (χ2n) is 6.56. The number of benzene rings is 3. The summed E-state index contributed by atoms with van der Waals surface area (Å²) in [5.74, 6) is 1.66. The number of hydrogen-bond donors (Lipinski definition) is 0. The maximum Gasteiger partial charge on any atom is 0.118 e. The standard InChI is InChI=1S/C25H20BrNO2/c1-28-21-11-5-17(6-12-21)23-15-16-24(18-3-9-20(26)10-4-18)27-25(23)19-7-13-22(29-2)14-8-19/h3-16H,1-2H3. The summed E-state index contributed by atoms with van der Waals surface area (Å²) in [4.78, 5) is 5.03. The van der Waals surface area contributed by atoms with Crippen LogP contribution in [-0.4, -0.2) is 19.2 Å². The third kappa shape index (κ3) is 4.17. The number of halogens is 1. The van der Waals surface area contributed by atoms with Gasteiger partial charge in [0.05, 0.1) is 25.6 Å². The van der Waals surface area contributed by atoms with E-state index in [-0.39, 0.29) is 0 Å².